The van der Waals surface area contributed by atoms with Gasteiger partial charge in [-0.1, -0.05) is 0 Å². The molecule has 1 saturated heterocycles. The third-order valence-electron chi connectivity index (χ3n) is 3.57. The molecule has 0 bridgehead atoms. The Kier molecular flexibility index (Phi) is 5.38. The third-order valence-corrected chi connectivity index (χ3v) is 3.57. The minimum Gasteiger partial charge on any atom is -0.378 e. The molecule has 5 nitrogen and oxygen atoms in total. The number of anilines is 1. The zero-order valence-electron chi connectivity index (χ0n) is 12.2. The Morgan fingerprint density at radius 2 is 1.95 bits per heavy atom. The van der Waals surface area contributed by atoms with E-state index in [1.807, 2.05) is 38.2 Å². The van der Waals surface area contributed by atoms with E-state index in [2.05, 4.69) is 15.5 Å². The van der Waals surface area contributed by atoms with Crippen LogP contribution in [-0.2, 0) is 4.74 Å². The number of rotatable bonds is 5. The number of carbonyl (C=O) groups is 1. The van der Waals surface area contributed by atoms with Gasteiger partial charge < -0.3 is 20.3 Å². The quantitative estimate of drug-likeness (QED) is 0.838. The Morgan fingerprint density at radius 3 is 2.55 bits per heavy atom. The summed E-state index contributed by atoms with van der Waals surface area (Å²) in [4.78, 5) is 14.3. The summed E-state index contributed by atoms with van der Waals surface area (Å²) in [5, 5.41) is 6.00. The van der Waals surface area contributed by atoms with Crippen molar-refractivity contribution in [2.45, 2.75) is 13.0 Å². The van der Waals surface area contributed by atoms with Gasteiger partial charge in [0.15, 0.2) is 0 Å². The van der Waals surface area contributed by atoms with E-state index < -0.39 is 0 Å². The van der Waals surface area contributed by atoms with Gasteiger partial charge in [-0.3, -0.25) is 4.79 Å². The maximum absolute atomic E-state index is 12.0. The summed E-state index contributed by atoms with van der Waals surface area (Å²) < 4.78 is 5.34. The van der Waals surface area contributed by atoms with Gasteiger partial charge in [0.1, 0.15) is 0 Å². The average Bonchev–Trinajstić information content (AvgIpc) is 2.53. The first-order valence-corrected chi connectivity index (χ1v) is 7.09. The lowest BCUT2D eigenvalue weighted by Crippen LogP contribution is -2.37. The van der Waals surface area contributed by atoms with E-state index in [0.717, 1.165) is 32.0 Å². The molecule has 1 aromatic carbocycles. The number of benzene rings is 1. The van der Waals surface area contributed by atoms with E-state index in [0.29, 0.717) is 12.1 Å². The molecule has 0 aliphatic carbocycles. The SMILES string of the molecule is CNC(C)CNC(=O)c1ccc(N2CCOCC2)cc1. The fraction of sp³-hybridized carbons (Fsp3) is 0.533. The first-order chi connectivity index (χ1) is 9.70. The molecular formula is C15H23N3O2. The minimum atomic E-state index is -0.0272. The number of amides is 1. The second kappa shape index (κ2) is 7.26. The van der Waals surface area contributed by atoms with Crippen LogP contribution in [0.4, 0.5) is 5.69 Å². The molecule has 1 heterocycles. The number of morpholine rings is 1. The second-order valence-electron chi connectivity index (χ2n) is 5.05. The van der Waals surface area contributed by atoms with Crippen molar-refractivity contribution in [1.29, 1.82) is 0 Å². The standard InChI is InChI=1S/C15H23N3O2/c1-12(16-2)11-17-15(19)13-3-5-14(6-4-13)18-7-9-20-10-8-18/h3-6,12,16H,7-11H2,1-2H3,(H,17,19). The van der Waals surface area contributed by atoms with Crippen LogP contribution >= 0.6 is 0 Å². The molecule has 1 aliphatic heterocycles. The molecule has 0 saturated carbocycles. The Hall–Kier alpha value is -1.59. The number of likely N-dealkylation sites (N-methyl/N-ethyl adjacent to an activating group) is 1. The van der Waals surface area contributed by atoms with Crippen molar-refractivity contribution < 1.29 is 9.53 Å². The number of carbonyl (C=O) groups excluding carboxylic acids is 1. The number of ether oxygens (including phenoxy) is 1. The predicted molar refractivity (Wildman–Crippen MR) is 80.3 cm³/mol. The molecule has 1 aromatic rings. The van der Waals surface area contributed by atoms with Crippen molar-refractivity contribution in [2.75, 3.05) is 44.8 Å². The summed E-state index contributed by atoms with van der Waals surface area (Å²) in [5.41, 5.74) is 1.85. The van der Waals surface area contributed by atoms with Gasteiger partial charge in [-0.25, -0.2) is 0 Å². The summed E-state index contributed by atoms with van der Waals surface area (Å²) in [6.07, 6.45) is 0. The van der Waals surface area contributed by atoms with Crippen molar-refractivity contribution in [3.05, 3.63) is 29.8 Å². The van der Waals surface area contributed by atoms with E-state index in [9.17, 15) is 4.79 Å². The Labute approximate surface area is 120 Å². The zero-order valence-corrected chi connectivity index (χ0v) is 12.2. The first-order valence-electron chi connectivity index (χ1n) is 7.09. The molecule has 0 aromatic heterocycles. The molecule has 5 heteroatoms. The van der Waals surface area contributed by atoms with Crippen LogP contribution in [0.15, 0.2) is 24.3 Å². The molecule has 0 spiro atoms. The van der Waals surface area contributed by atoms with Crippen LogP contribution in [0.5, 0.6) is 0 Å². The molecule has 20 heavy (non-hydrogen) atoms. The van der Waals surface area contributed by atoms with E-state index in [1.54, 1.807) is 0 Å². The van der Waals surface area contributed by atoms with Crippen molar-refractivity contribution >= 4 is 11.6 Å². The summed E-state index contributed by atoms with van der Waals surface area (Å²) in [5.74, 6) is -0.0272. The van der Waals surface area contributed by atoms with Gasteiger partial charge >= 0.3 is 0 Å². The molecule has 2 rings (SSSR count). The van der Waals surface area contributed by atoms with Crippen LogP contribution in [0.2, 0.25) is 0 Å². The number of nitrogens with zero attached hydrogens (tertiary/aromatic N) is 1. The van der Waals surface area contributed by atoms with Crippen LogP contribution < -0.4 is 15.5 Å². The van der Waals surface area contributed by atoms with Crippen molar-refractivity contribution in [2.24, 2.45) is 0 Å². The summed E-state index contributed by atoms with van der Waals surface area (Å²) in [7, 11) is 1.88. The zero-order chi connectivity index (χ0) is 14.4. The van der Waals surface area contributed by atoms with E-state index >= 15 is 0 Å². The number of hydrogen-bond donors (Lipinski definition) is 2. The lowest BCUT2D eigenvalue weighted by Gasteiger charge is -2.28. The Balaban J connectivity index is 1.91. The fourth-order valence-corrected chi connectivity index (χ4v) is 2.10. The molecule has 1 fully saturated rings. The van der Waals surface area contributed by atoms with Crippen LogP contribution in [0.1, 0.15) is 17.3 Å². The maximum Gasteiger partial charge on any atom is 0.251 e. The van der Waals surface area contributed by atoms with E-state index in [-0.39, 0.29) is 11.9 Å². The minimum absolute atomic E-state index is 0.0272. The third kappa shape index (κ3) is 3.95. The van der Waals surface area contributed by atoms with Gasteiger partial charge in [-0.15, -0.1) is 0 Å². The second-order valence-corrected chi connectivity index (χ2v) is 5.05. The predicted octanol–water partition coefficient (Wildman–Crippen LogP) is 0.861. The summed E-state index contributed by atoms with van der Waals surface area (Å²) in [6.45, 7) is 6.01. The van der Waals surface area contributed by atoms with Crippen LogP contribution in [0.3, 0.4) is 0 Å². The molecule has 1 unspecified atom stereocenters. The number of hydrogen-bond acceptors (Lipinski definition) is 4. The van der Waals surface area contributed by atoms with Gasteiger partial charge in [0, 0.05) is 36.9 Å². The monoisotopic (exact) mass is 277 g/mol. The fourth-order valence-electron chi connectivity index (χ4n) is 2.10. The highest BCUT2D eigenvalue weighted by molar-refractivity contribution is 5.94. The summed E-state index contributed by atoms with van der Waals surface area (Å²) >= 11 is 0. The van der Waals surface area contributed by atoms with Gasteiger partial charge in [0.05, 0.1) is 13.2 Å². The highest BCUT2D eigenvalue weighted by Crippen LogP contribution is 2.16. The Morgan fingerprint density at radius 1 is 1.30 bits per heavy atom. The molecule has 1 aliphatic rings. The molecule has 110 valence electrons. The molecule has 1 amide bonds. The highest BCUT2D eigenvalue weighted by atomic mass is 16.5. The van der Waals surface area contributed by atoms with Crippen molar-refractivity contribution in [3.63, 3.8) is 0 Å². The Bertz CT molecular complexity index is 427. The molecular weight excluding hydrogens is 254 g/mol. The molecule has 1 atom stereocenters. The van der Waals surface area contributed by atoms with Crippen LogP contribution in [0.25, 0.3) is 0 Å². The van der Waals surface area contributed by atoms with Crippen LogP contribution in [-0.4, -0.2) is 51.8 Å². The van der Waals surface area contributed by atoms with Gasteiger partial charge in [0.2, 0.25) is 0 Å². The lowest BCUT2D eigenvalue weighted by molar-refractivity contribution is 0.0950. The van der Waals surface area contributed by atoms with Crippen molar-refractivity contribution in [1.82, 2.24) is 10.6 Å². The van der Waals surface area contributed by atoms with Gasteiger partial charge in [-0.05, 0) is 38.2 Å². The largest absolute Gasteiger partial charge is 0.378 e. The molecule has 0 radical (unpaired) electrons. The molecule has 2 N–H and O–H groups in total. The lowest BCUT2D eigenvalue weighted by atomic mass is 10.1. The number of nitrogens with one attached hydrogen (secondary N) is 2. The van der Waals surface area contributed by atoms with Crippen LogP contribution in [0, 0.1) is 0 Å². The van der Waals surface area contributed by atoms with Gasteiger partial charge in [0.25, 0.3) is 5.91 Å². The maximum atomic E-state index is 12.0. The topological polar surface area (TPSA) is 53.6 Å². The van der Waals surface area contributed by atoms with E-state index in [1.165, 1.54) is 0 Å². The average molecular weight is 277 g/mol. The van der Waals surface area contributed by atoms with Gasteiger partial charge in [-0.2, -0.15) is 0 Å². The van der Waals surface area contributed by atoms with E-state index in [4.69, 9.17) is 4.74 Å². The summed E-state index contributed by atoms with van der Waals surface area (Å²) in [6, 6.07) is 8.03. The highest BCUT2D eigenvalue weighted by Gasteiger charge is 2.12. The normalized spacial score (nSPS) is 16.8. The first kappa shape index (κ1) is 14.8. The smallest absolute Gasteiger partial charge is 0.251 e. The van der Waals surface area contributed by atoms with Crippen molar-refractivity contribution in [3.8, 4) is 0 Å².